The summed E-state index contributed by atoms with van der Waals surface area (Å²) < 4.78 is 35.2. The van der Waals surface area contributed by atoms with E-state index in [0.29, 0.717) is 17.5 Å². The Hall–Kier alpha value is -2.11. The van der Waals surface area contributed by atoms with Crippen molar-refractivity contribution in [2.75, 3.05) is 7.05 Å². The van der Waals surface area contributed by atoms with Crippen LogP contribution in [0.5, 0.6) is 0 Å². The summed E-state index contributed by atoms with van der Waals surface area (Å²) in [4.78, 5) is 13.9. The summed E-state index contributed by atoms with van der Waals surface area (Å²) in [5.74, 6) is -1.68. The van der Waals surface area contributed by atoms with E-state index in [9.17, 15) is 13.6 Å². The van der Waals surface area contributed by atoms with Crippen molar-refractivity contribution in [3.63, 3.8) is 0 Å². The van der Waals surface area contributed by atoms with Crippen molar-refractivity contribution in [1.29, 1.82) is 0 Å². The predicted molar refractivity (Wildman–Crippen MR) is 88.1 cm³/mol. The molecule has 3 rings (SSSR count). The Morgan fingerprint density at radius 1 is 1.38 bits per heavy atom. The number of ether oxygens (including phenoxy) is 1. The number of likely N-dealkylation sites (N-methyl/N-ethyl adjacent to an activating group) is 1. The van der Waals surface area contributed by atoms with Gasteiger partial charge in [0.1, 0.15) is 5.60 Å². The summed E-state index contributed by atoms with van der Waals surface area (Å²) in [7, 11) is 1.68. The van der Waals surface area contributed by atoms with Gasteiger partial charge in [-0.15, -0.1) is 0 Å². The molecule has 1 aromatic carbocycles. The van der Waals surface area contributed by atoms with Crippen molar-refractivity contribution in [1.82, 2.24) is 9.47 Å². The Labute approximate surface area is 140 Å². The molecule has 0 saturated heterocycles. The lowest BCUT2D eigenvalue weighted by molar-refractivity contribution is 0.0174. The molecule has 0 spiro atoms. The lowest BCUT2D eigenvalue weighted by atomic mass is 9.93. The SMILES string of the molecule is C[C@@H]1[C@@H](N(C)C(=O)OC(C)(C)C)Cc2cc(F)c(F)c3ccn1c23. The summed E-state index contributed by atoms with van der Waals surface area (Å²) in [5, 5.41) is 0.287. The van der Waals surface area contributed by atoms with Gasteiger partial charge in [-0.05, 0) is 51.8 Å². The van der Waals surface area contributed by atoms with Gasteiger partial charge >= 0.3 is 6.09 Å². The number of rotatable bonds is 1. The third-order valence-corrected chi connectivity index (χ3v) is 4.57. The molecule has 130 valence electrons. The zero-order chi connectivity index (χ0) is 17.8. The van der Waals surface area contributed by atoms with E-state index in [-0.39, 0.29) is 17.5 Å². The molecule has 24 heavy (non-hydrogen) atoms. The maximum atomic E-state index is 14.0. The smallest absolute Gasteiger partial charge is 0.410 e. The zero-order valence-electron chi connectivity index (χ0n) is 14.6. The van der Waals surface area contributed by atoms with E-state index in [1.54, 1.807) is 24.2 Å². The molecule has 0 unspecified atom stereocenters. The molecule has 2 atom stereocenters. The Morgan fingerprint density at radius 2 is 2.04 bits per heavy atom. The molecule has 1 aliphatic heterocycles. The molecule has 4 nitrogen and oxygen atoms in total. The number of hydrogen-bond acceptors (Lipinski definition) is 2. The minimum atomic E-state index is -0.858. The van der Waals surface area contributed by atoms with Crippen molar-refractivity contribution < 1.29 is 18.3 Å². The molecule has 6 heteroatoms. The lowest BCUT2D eigenvalue weighted by Gasteiger charge is -2.38. The highest BCUT2D eigenvalue weighted by Crippen LogP contribution is 2.36. The molecule has 2 heterocycles. The first kappa shape index (κ1) is 16.7. The van der Waals surface area contributed by atoms with Gasteiger partial charge in [-0.3, -0.25) is 0 Å². The van der Waals surface area contributed by atoms with Crippen LogP contribution >= 0.6 is 0 Å². The second-order valence-corrected chi connectivity index (χ2v) is 7.42. The molecular weight excluding hydrogens is 314 g/mol. The molecule has 0 saturated carbocycles. The molecule has 0 radical (unpaired) electrons. The number of aromatic nitrogens is 1. The number of benzene rings is 1. The summed E-state index contributed by atoms with van der Waals surface area (Å²) in [6.07, 6.45) is 1.78. The molecular formula is C18H22F2N2O2. The molecule has 0 N–H and O–H groups in total. The van der Waals surface area contributed by atoms with Crippen LogP contribution in [0.3, 0.4) is 0 Å². The van der Waals surface area contributed by atoms with E-state index >= 15 is 0 Å². The van der Waals surface area contributed by atoms with Crippen LogP contribution in [0.1, 0.15) is 39.3 Å². The van der Waals surface area contributed by atoms with Crippen molar-refractivity contribution >= 4 is 17.0 Å². The van der Waals surface area contributed by atoms with E-state index < -0.39 is 23.3 Å². The van der Waals surface area contributed by atoms with Crippen LogP contribution in [0.2, 0.25) is 0 Å². The first-order chi connectivity index (χ1) is 11.1. The van der Waals surface area contributed by atoms with Gasteiger partial charge in [-0.2, -0.15) is 0 Å². The Balaban J connectivity index is 1.97. The minimum Gasteiger partial charge on any atom is -0.444 e. The number of carbonyl (C=O) groups excluding carboxylic acids is 1. The first-order valence-corrected chi connectivity index (χ1v) is 8.03. The van der Waals surface area contributed by atoms with Gasteiger partial charge < -0.3 is 14.2 Å². The molecule has 1 aromatic heterocycles. The fourth-order valence-corrected chi connectivity index (χ4v) is 3.38. The fourth-order valence-electron chi connectivity index (χ4n) is 3.38. The van der Waals surface area contributed by atoms with Crippen molar-refractivity contribution in [3.05, 3.63) is 35.5 Å². The van der Waals surface area contributed by atoms with Gasteiger partial charge in [0.15, 0.2) is 11.6 Å². The first-order valence-electron chi connectivity index (χ1n) is 8.03. The number of carbonyl (C=O) groups is 1. The van der Waals surface area contributed by atoms with Gasteiger partial charge in [0, 0.05) is 18.6 Å². The van der Waals surface area contributed by atoms with Gasteiger partial charge in [-0.25, -0.2) is 13.6 Å². The number of hydrogen-bond donors (Lipinski definition) is 0. The number of nitrogens with zero attached hydrogens (tertiary/aromatic N) is 2. The standard InChI is InChI=1S/C18H22F2N2O2/c1-10-14(21(5)17(23)24-18(2,3)4)9-11-8-13(19)15(20)12-6-7-22(10)16(11)12/h6-8,10,14H,9H2,1-5H3/t10-,14+/m1/s1. The lowest BCUT2D eigenvalue weighted by Crippen LogP contribution is -2.46. The van der Waals surface area contributed by atoms with E-state index in [2.05, 4.69) is 0 Å². The summed E-state index contributed by atoms with van der Waals surface area (Å²) >= 11 is 0. The molecule has 0 aliphatic carbocycles. The largest absolute Gasteiger partial charge is 0.444 e. The van der Waals surface area contributed by atoms with Crippen LogP contribution in [0, 0.1) is 11.6 Å². The van der Waals surface area contributed by atoms with Crippen LogP contribution in [0.15, 0.2) is 18.3 Å². The van der Waals surface area contributed by atoms with E-state index in [1.807, 2.05) is 32.3 Å². The third-order valence-electron chi connectivity index (χ3n) is 4.57. The highest BCUT2D eigenvalue weighted by Gasteiger charge is 2.35. The summed E-state index contributed by atoms with van der Waals surface area (Å²) in [6, 6.07) is 2.55. The maximum absolute atomic E-state index is 14.0. The van der Waals surface area contributed by atoms with Crippen molar-refractivity contribution in [3.8, 4) is 0 Å². The monoisotopic (exact) mass is 336 g/mol. The van der Waals surface area contributed by atoms with Crippen LogP contribution < -0.4 is 0 Å². The summed E-state index contributed by atoms with van der Waals surface area (Å²) in [6.45, 7) is 7.40. The molecule has 0 bridgehead atoms. The van der Waals surface area contributed by atoms with Gasteiger partial charge in [0.25, 0.3) is 0 Å². The Bertz CT molecular complexity index is 807. The van der Waals surface area contributed by atoms with Crippen molar-refractivity contribution in [2.45, 2.75) is 51.8 Å². The average molecular weight is 336 g/mol. The Morgan fingerprint density at radius 3 is 2.67 bits per heavy atom. The third kappa shape index (κ3) is 2.64. The van der Waals surface area contributed by atoms with Gasteiger partial charge in [0.05, 0.1) is 17.6 Å². The van der Waals surface area contributed by atoms with Gasteiger partial charge in [-0.1, -0.05) is 0 Å². The fraction of sp³-hybridized carbons (Fsp3) is 0.500. The minimum absolute atomic E-state index is 0.0719. The average Bonchev–Trinajstić information content (AvgIpc) is 2.91. The van der Waals surface area contributed by atoms with Crippen molar-refractivity contribution in [2.24, 2.45) is 0 Å². The second-order valence-electron chi connectivity index (χ2n) is 7.42. The number of halogens is 2. The van der Waals surface area contributed by atoms with Crippen LogP contribution in [0.25, 0.3) is 10.9 Å². The highest BCUT2D eigenvalue weighted by molar-refractivity contribution is 5.85. The maximum Gasteiger partial charge on any atom is 0.410 e. The molecule has 1 aliphatic rings. The Kier molecular flexibility index (Phi) is 3.81. The quantitative estimate of drug-likeness (QED) is 0.779. The molecule has 1 amide bonds. The number of amides is 1. The van der Waals surface area contributed by atoms with E-state index in [0.717, 1.165) is 0 Å². The highest BCUT2D eigenvalue weighted by atomic mass is 19.2. The molecule has 0 fully saturated rings. The van der Waals surface area contributed by atoms with Crippen LogP contribution in [-0.4, -0.2) is 34.3 Å². The topological polar surface area (TPSA) is 34.5 Å². The van der Waals surface area contributed by atoms with Crippen LogP contribution in [-0.2, 0) is 11.2 Å². The predicted octanol–water partition coefficient (Wildman–Crippen LogP) is 4.27. The van der Waals surface area contributed by atoms with E-state index in [1.165, 1.54) is 6.07 Å². The van der Waals surface area contributed by atoms with E-state index in [4.69, 9.17) is 4.74 Å². The normalized spacial score (nSPS) is 20.3. The summed E-state index contributed by atoms with van der Waals surface area (Å²) in [5.41, 5.74) is 0.819. The van der Waals surface area contributed by atoms with Gasteiger partial charge in [0.2, 0.25) is 0 Å². The van der Waals surface area contributed by atoms with Crippen LogP contribution in [0.4, 0.5) is 13.6 Å². The second kappa shape index (κ2) is 5.46. The zero-order valence-corrected chi connectivity index (χ0v) is 14.6. The molecule has 2 aromatic rings.